The van der Waals surface area contributed by atoms with E-state index in [0.717, 1.165) is 4.90 Å². The zero-order valence-electron chi connectivity index (χ0n) is 10.5. The molecule has 106 valence electrons. The van der Waals surface area contributed by atoms with Crippen LogP contribution < -0.4 is 5.32 Å². The predicted molar refractivity (Wildman–Crippen MR) is 59.9 cm³/mol. The molecule has 4 nitrogen and oxygen atoms in total. The Morgan fingerprint density at radius 3 is 2.50 bits per heavy atom. The van der Waals surface area contributed by atoms with E-state index in [1.54, 1.807) is 13.8 Å². The number of halogens is 3. The number of rotatable bonds is 4. The quantitative estimate of drug-likeness (QED) is 0.791. The van der Waals surface area contributed by atoms with Gasteiger partial charge < -0.3 is 15.3 Å². The van der Waals surface area contributed by atoms with Crippen LogP contribution in [0.2, 0.25) is 0 Å². The van der Waals surface area contributed by atoms with Gasteiger partial charge in [0.15, 0.2) is 0 Å². The van der Waals surface area contributed by atoms with Crippen molar-refractivity contribution in [2.75, 3.05) is 19.6 Å². The SMILES string of the molecule is CC(C)CN(CC(F)(F)F)C(=O)C1CC(O)CN1. The lowest BCUT2D eigenvalue weighted by Gasteiger charge is -2.28. The Kier molecular flexibility index (Phi) is 4.98. The lowest BCUT2D eigenvalue weighted by atomic mass is 10.1. The van der Waals surface area contributed by atoms with Crippen molar-refractivity contribution in [3.05, 3.63) is 0 Å². The minimum atomic E-state index is -4.40. The van der Waals surface area contributed by atoms with Crippen LogP contribution in [-0.2, 0) is 4.79 Å². The molecule has 0 aliphatic carbocycles. The first kappa shape index (κ1) is 15.2. The van der Waals surface area contributed by atoms with Crippen LogP contribution in [0.1, 0.15) is 20.3 Å². The highest BCUT2D eigenvalue weighted by Gasteiger charge is 2.37. The summed E-state index contributed by atoms with van der Waals surface area (Å²) in [5, 5.41) is 12.0. The van der Waals surface area contributed by atoms with Crippen molar-refractivity contribution in [2.45, 2.75) is 38.6 Å². The van der Waals surface area contributed by atoms with Crippen molar-refractivity contribution >= 4 is 5.91 Å². The van der Waals surface area contributed by atoms with Gasteiger partial charge in [0, 0.05) is 13.1 Å². The number of nitrogens with one attached hydrogen (secondary N) is 1. The fraction of sp³-hybridized carbons (Fsp3) is 0.909. The normalized spacial score (nSPS) is 24.6. The third-order valence-electron chi connectivity index (χ3n) is 2.67. The highest BCUT2D eigenvalue weighted by molar-refractivity contribution is 5.82. The van der Waals surface area contributed by atoms with Crippen LogP contribution in [0.4, 0.5) is 13.2 Å². The fourth-order valence-corrected chi connectivity index (χ4v) is 2.02. The van der Waals surface area contributed by atoms with Crippen LogP contribution in [0.15, 0.2) is 0 Å². The van der Waals surface area contributed by atoms with Crippen LogP contribution in [0.5, 0.6) is 0 Å². The molecule has 0 aromatic heterocycles. The Hall–Kier alpha value is -0.820. The fourth-order valence-electron chi connectivity index (χ4n) is 2.02. The first-order chi connectivity index (χ1) is 8.19. The molecule has 2 atom stereocenters. The van der Waals surface area contributed by atoms with Crippen molar-refractivity contribution in [3.8, 4) is 0 Å². The number of aliphatic hydroxyl groups is 1. The molecule has 1 amide bonds. The Morgan fingerprint density at radius 1 is 1.50 bits per heavy atom. The van der Waals surface area contributed by atoms with E-state index in [9.17, 15) is 23.1 Å². The van der Waals surface area contributed by atoms with Crippen molar-refractivity contribution in [1.29, 1.82) is 0 Å². The summed E-state index contributed by atoms with van der Waals surface area (Å²) < 4.78 is 37.2. The van der Waals surface area contributed by atoms with Gasteiger partial charge in [0.2, 0.25) is 5.91 Å². The van der Waals surface area contributed by atoms with E-state index in [2.05, 4.69) is 5.32 Å². The number of nitrogens with zero attached hydrogens (tertiary/aromatic N) is 1. The Bertz CT molecular complexity index is 295. The van der Waals surface area contributed by atoms with Crippen LogP contribution in [-0.4, -0.2) is 53.9 Å². The van der Waals surface area contributed by atoms with E-state index in [0.29, 0.717) is 0 Å². The molecule has 1 aliphatic rings. The molecule has 18 heavy (non-hydrogen) atoms. The number of hydrogen-bond acceptors (Lipinski definition) is 3. The molecule has 1 saturated heterocycles. The Balaban J connectivity index is 2.66. The molecule has 1 aliphatic heterocycles. The van der Waals surface area contributed by atoms with Gasteiger partial charge in [0.05, 0.1) is 12.1 Å². The largest absolute Gasteiger partial charge is 0.406 e. The van der Waals surface area contributed by atoms with E-state index >= 15 is 0 Å². The molecule has 2 unspecified atom stereocenters. The maximum absolute atomic E-state index is 12.4. The Labute approximate surface area is 104 Å². The minimum Gasteiger partial charge on any atom is -0.392 e. The van der Waals surface area contributed by atoms with Gasteiger partial charge in [-0.25, -0.2) is 0 Å². The Morgan fingerprint density at radius 2 is 2.11 bits per heavy atom. The van der Waals surface area contributed by atoms with E-state index in [-0.39, 0.29) is 25.4 Å². The molecule has 1 rings (SSSR count). The summed E-state index contributed by atoms with van der Waals surface area (Å²) in [5.41, 5.74) is 0. The van der Waals surface area contributed by atoms with Gasteiger partial charge in [-0.15, -0.1) is 0 Å². The van der Waals surface area contributed by atoms with Crippen molar-refractivity contribution < 1.29 is 23.1 Å². The monoisotopic (exact) mass is 268 g/mol. The van der Waals surface area contributed by atoms with Crippen LogP contribution >= 0.6 is 0 Å². The van der Waals surface area contributed by atoms with Crippen molar-refractivity contribution in [3.63, 3.8) is 0 Å². The van der Waals surface area contributed by atoms with Crippen LogP contribution in [0.25, 0.3) is 0 Å². The molecule has 7 heteroatoms. The number of amides is 1. The minimum absolute atomic E-state index is 0.0392. The summed E-state index contributed by atoms with van der Waals surface area (Å²) in [4.78, 5) is 12.8. The summed E-state index contributed by atoms with van der Waals surface area (Å²) in [6.45, 7) is 2.59. The number of carbonyl (C=O) groups is 1. The maximum Gasteiger partial charge on any atom is 0.406 e. The van der Waals surface area contributed by atoms with E-state index in [1.165, 1.54) is 0 Å². The summed E-state index contributed by atoms with van der Waals surface area (Å²) >= 11 is 0. The van der Waals surface area contributed by atoms with Gasteiger partial charge in [-0.3, -0.25) is 4.79 Å². The molecule has 1 heterocycles. The van der Waals surface area contributed by atoms with Crippen molar-refractivity contribution in [2.24, 2.45) is 5.92 Å². The zero-order chi connectivity index (χ0) is 13.9. The number of alkyl halides is 3. The van der Waals surface area contributed by atoms with E-state index in [1.807, 2.05) is 0 Å². The third-order valence-corrected chi connectivity index (χ3v) is 2.67. The van der Waals surface area contributed by atoms with Crippen molar-refractivity contribution in [1.82, 2.24) is 10.2 Å². The lowest BCUT2D eigenvalue weighted by molar-refractivity contribution is -0.163. The number of aliphatic hydroxyl groups excluding tert-OH is 1. The molecule has 2 N–H and O–H groups in total. The van der Waals surface area contributed by atoms with Gasteiger partial charge in [0.1, 0.15) is 6.54 Å². The maximum atomic E-state index is 12.4. The lowest BCUT2D eigenvalue weighted by Crippen LogP contribution is -2.48. The molecular formula is C11H19F3N2O2. The first-order valence-corrected chi connectivity index (χ1v) is 5.96. The van der Waals surface area contributed by atoms with Crippen LogP contribution in [0, 0.1) is 5.92 Å². The molecular weight excluding hydrogens is 249 g/mol. The highest BCUT2D eigenvalue weighted by Crippen LogP contribution is 2.19. The molecule has 0 spiro atoms. The third kappa shape index (κ3) is 4.81. The van der Waals surface area contributed by atoms with Crippen LogP contribution in [0.3, 0.4) is 0 Å². The summed E-state index contributed by atoms with van der Waals surface area (Å²) in [6.07, 6.45) is -4.89. The number of hydrogen-bond donors (Lipinski definition) is 2. The topological polar surface area (TPSA) is 52.6 Å². The number of β-amino-alcohol motifs (C(OH)–C–C–N with tert-alkyl or cyclic N) is 1. The smallest absolute Gasteiger partial charge is 0.392 e. The van der Waals surface area contributed by atoms with E-state index < -0.39 is 30.8 Å². The van der Waals surface area contributed by atoms with Gasteiger partial charge in [-0.2, -0.15) is 13.2 Å². The van der Waals surface area contributed by atoms with Gasteiger partial charge in [-0.1, -0.05) is 13.8 Å². The van der Waals surface area contributed by atoms with Gasteiger partial charge in [0.25, 0.3) is 0 Å². The second-order valence-electron chi connectivity index (χ2n) is 5.08. The second kappa shape index (κ2) is 5.88. The summed E-state index contributed by atoms with van der Waals surface area (Å²) in [6, 6.07) is -0.707. The summed E-state index contributed by atoms with van der Waals surface area (Å²) in [5.74, 6) is -0.625. The predicted octanol–water partition coefficient (Wildman–Crippen LogP) is 0.756. The molecule has 0 aromatic carbocycles. The highest BCUT2D eigenvalue weighted by atomic mass is 19.4. The van der Waals surface area contributed by atoms with Gasteiger partial charge >= 0.3 is 6.18 Å². The molecule has 1 fully saturated rings. The molecule has 0 bridgehead atoms. The first-order valence-electron chi connectivity index (χ1n) is 5.96. The molecule has 0 aromatic rings. The molecule has 0 saturated carbocycles. The van der Waals surface area contributed by atoms with E-state index in [4.69, 9.17) is 0 Å². The standard InChI is InChI=1S/C11H19F3N2O2/c1-7(2)5-16(6-11(12,13)14)10(18)9-3-8(17)4-15-9/h7-9,15,17H,3-6H2,1-2H3. The number of carbonyl (C=O) groups excluding carboxylic acids is 1. The molecule has 0 radical (unpaired) electrons. The van der Waals surface area contributed by atoms with Gasteiger partial charge in [-0.05, 0) is 12.3 Å². The second-order valence-corrected chi connectivity index (χ2v) is 5.08. The average Bonchev–Trinajstić information content (AvgIpc) is 2.59. The average molecular weight is 268 g/mol. The zero-order valence-corrected chi connectivity index (χ0v) is 10.5. The summed E-state index contributed by atoms with van der Waals surface area (Å²) in [7, 11) is 0.